The molecule has 1 heterocycles. The van der Waals surface area contributed by atoms with Crippen LogP contribution in [0.5, 0.6) is 0 Å². The molecule has 1 amide bonds. The lowest BCUT2D eigenvalue weighted by Crippen LogP contribution is -2.44. The molecule has 2 aromatic carbocycles. The Bertz CT molecular complexity index is 829. The van der Waals surface area contributed by atoms with Crippen molar-refractivity contribution >= 4 is 17.3 Å². The number of nitrogens with one attached hydrogen (secondary N) is 1. The van der Waals surface area contributed by atoms with Crippen LogP contribution >= 0.6 is 0 Å². The molecule has 6 heteroatoms. The SMILES string of the molecule is O=C1C(Nc2cccc(F)c2)c2ccccc2N1C1CCC(F)(F)CC1. The fraction of sp³-hybridized carbons (Fsp3) is 0.350. The topological polar surface area (TPSA) is 32.3 Å². The highest BCUT2D eigenvalue weighted by atomic mass is 19.3. The Morgan fingerprint density at radius 1 is 1.04 bits per heavy atom. The van der Waals surface area contributed by atoms with E-state index in [0.717, 1.165) is 11.3 Å². The van der Waals surface area contributed by atoms with Gasteiger partial charge in [0.25, 0.3) is 5.91 Å². The molecule has 3 nitrogen and oxygen atoms in total. The van der Waals surface area contributed by atoms with Crippen LogP contribution in [-0.4, -0.2) is 17.9 Å². The molecule has 1 N–H and O–H groups in total. The molecule has 26 heavy (non-hydrogen) atoms. The second-order valence-electron chi connectivity index (χ2n) is 6.94. The highest BCUT2D eigenvalue weighted by Crippen LogP contribution is 2.43. The van der Waals surface area contributed by atoms with Crippen LogP contribution in [0.4, 0.5) is 24.5 Å². The Morgan fingerprint density at radius 3 is 2.50 bits per heavy atom. The third kappa shape index (κ3) is 3.04. The van der Waals surface area contributed by atoms with E-state index >= 15 is 0 Å². The molecule has 1 saturated carbocycles. The number of halogens is 3. The minimum atomic E-state index is -2.64. The summed E-state index contributed by atoms with van der Waals surface area (Å²) in [6.07, 6.45) is 0.150. The normalized spacial score (nSPS) is 22.3. The summed E-state index contributed by atoms with van der Waals surface area (Å²) in [6, 6.07) is 12.4. The van der Waals surface area contributed by atoms with E-state index in [1.165, 1.54) is 12.1 Å². The van der Waals surface area contributed by atoms with Gasteiger partial charge in [0.15, 0.2) is 0 Å². The molecule has 1 fully saturated rings. The van der Waals surface area contributed by atoms with E-state index in [2.05, 4.69) is 5.32 Å². The van der Waals surface area contributed by atoms with E-state index in [4.69, 9.17) is 0 Å². The molecule has 0 saturated heterocycles. The number of carbonyl (C=O) groups is 1. The average Bonchev–Trinajstić information content (AvgIpc) is 2.88. The number of hydrogen-bond acceptors (Lipinski definition) is 2. The van der Waals surface area contributed by atoms with Gasteiger partial charge in [-0.3, -0.25) is 4.79 Å². The lowest BCUT2D eigenvalue weighted by Gasteiger charge is -2.35. The minimum Gasteiger partial charge on any atom is -0.370 e. The van der Waals surface area contributed by atoms with Crippen LogP contribution in [-0.2, 0) is 4.79 Å². The summed E-state index contributed by atoms with van der Waals surface area (Å²) < 4.78 is 40.5. The van der Waals surface area contributed by atoms with E-state index in [1.807, 2.05) is 24.3 Å². The molecular formula is C20H19F3N2O. The highest BCUT2D eigenvalue weighted by Gasteiger charge is 2.44. The Labute approximate surface area is 149 Å². The predicted octanol–water partition coefficient (Wildman–Crippen LogP) is 4.90. The van der Waals surface area contributed by atoms with Crippen molar-refractivity contribution in [2.45, 2.75) is 43.7 Å². The Balaban J connectivity index is 1.63. The van der Waals surface area contributed by atoms with Gasteiger partial charge in [0.1, 0.15) is 11.9 Å². The van der Waals surface area contributed by atoms with Crippen molar-refractivity contribution < 1.29 is 18.0 Å². The maximum Gasteiger partial charge on any atom is 0.254 e. The second-order valence-corrected chi connectivity index (χ2v) is 6.94. The van der Waals surface area contributed by atoms with Gasteiger partial charge in [-0.25, -0.2) is 13.2 Å². The van der Waals surface area contributed by atoms with Gasteiger partial charge >= 0.3 is 0 Å². The number of fused-ring (bicyclic) bond motifs is 1. The fourth-order valence-corrected chi connectivity index (χ4v) is 3.89. The van der Waals surface area contributed by atoms with Gasteiger partial charge in [-0.1, -0.05) is 24.3 Å². The summed E-state index contributed by atoms with van der Waals surface area (Å²) in [5.41, 5.74) is 2.05. The van der Waals surface area contributed by atoms with Crippen LogP contribution in [0.3, 0.4) is 0 Å². The summed E-state index contributed by atoms with van der Waals surface area (Å²) in [5, 5.41) is 3.09. The van der Waals surface area contributed by atoms with Gasteiger partial charge in [0, 0.05) is 35.8 Å². The van der Waals surface area contributed by atoms with E-state index < -0.39 is 12.0 Å². The first-order valence-electron chi connectivity index (χ1n) is 8.76. The average molecular weight is 360 g/mol. The quantitative estimate of drug-likeness (QED) is 0.844. The van der Waals surface area contributed by atoms with Crippen molar-refractivity contribution in [3.63, 3.8) is 0 Å². The van der Waals surface area contributed by atoms with Gasteiger partial charge < -0.3 is 10.2 Å². The van der Waals surface area contributed by atoms with Crippen molar-refractivity contribution in [2.24, 2.45) is 0 Å². The number of amides is 1. The molecule has 1 atom stereocenters. The van der Waals surface area contributed by atoms with Crippen LogP contribution < -0.4 is 10.2 Å². The van der Waals surface area contributed by atoms with Crippen molar-refractivity contribution in [1.29, 1.82) is 0 Å². The standard InChI is InChI=1S/C20H19F3N2O/c21-13-4-3-5-14(12-13)24-18-16-6-1-2-7-17(16)25(19(18)26)15-8-10-20(22,23)11-9-15/h1-7,12,15,18,24H,8-11H2. The Morgan fingerprint density at radius 2 is 1.77 bits per heavy atom. The molecule has 1 aliphatic heterocycles. The van der Waals surface area contributed by atoms with Gasteiger partial charge in [0.05, 0.1) is 0 Å². The van der Waals surface area contributed by atoms with E-state index in [1.54, 1.807) is 17.0 Å². The lowest BCUT2D eigenvalue weighted by atomic mass is 9.91. The van der Waals surface area contributed by atoms with Crippen LogP contribution in [0.2, 0.25) is 0 Å². The molecule has 2 aliphatic rings. The summed E-state index contributed by atoms with van der Waals surface area (Å²) in [7, 11) is 0. The number of benzene rings is 2. The Hall–Kier alpha value is -2.50. The third-order valence-corrected chi connectivity index (χ3v) is 5.18. The maximum atomic E-state index is 13.5. The second kappa shape index (κ2) is 6.34. The van der Waals surface area contributed by atoms with Gasteiger partial charge in [-0.05, 0) is 37.1 Å². The largest absolute Gasteiger partial charge is 0.370 e. The van der Waals surface area contributed by atoms with Crippen molar-refractivity contribution in [3.8, 4) is 0 Å². The predicted molar refractivity (Wildman–Crippen MR) is 93.9 cm³/mol. The van der Waals surface area contributed by atoms with Crippen LogP contribution in [0.25, 0.3) is 0 Å². The number of hydrogen-bond donors (Lipinski definition) is 1. The Kier molecular flexibility index (Phi) is 4.13. The minimum absolute atomic E-state index is 0.175. The molecule has 1 unspecified atom stereocenters. The molecule has 136 valence electrons. The van der Waals surface area contributed by atoms with E-state index in [9.17, 15) is 18.0 Å². The number of para-hydroxylation sites is 1. The smallest absolute Gasteiger partial charge is 0.254 e. The molecule has 4 rings (SSSR count). The maximum absolute atomic E-state index is 13.5. The van der Waals surface area contributed by atoms with Crippen molar-refractivity contribution in [1.82, 2.24) is 0 Å². The molecule has 0 radical (unpaired) electrons. The molecular weight excluding hydrogens is 341 g/mol. The first kappa shape index (κ1) is 16.9. The van der Waals surface area contributed by atoms with Crippen LogP contribution in [0, 0.1) is 5.82 Å². The van der Waals surface area contributed by atoms with Gasteiger partial charge in [-0.15, -0.1) is 0 Å². The number of rotatable bonds is 3. The summed E-state index contributed by atoms with van der Waals surface area (Å²) in [5.74, 6) is -3.20. The molecule has 1 aliphatic carbocycles. The summed E-state index contributed by atoms with van der Waals surface area (Å²) in [4.78, 5) is 14.7. The van der Waals surface area contributed by atoms with Crippen LogP contribution in [0.1, 0.15) is 37.3 Å². The van der Waals surface area contributed by atoms with Crippen molar-refractivity contribution in [3.05, 3.63) is 59.9 Å². The van der Waals surface area contributed by atoms with Gasteiger partial charge in [-0.2, -0.15) is 0 Å². The molecule has 0 aromatic heterocycles. The first-order valence-corrected chi connectivity index (χ1v) is 8.76. The summed E-state index contributed by atoms with van der Waals surface area (Å²) >= 11 is 0. The summed E-state index contributed by atoms with van der Waals surface area (Å²) in [6.45, 7) is 0. The van der Waals surface area contributed by atoms with Gasteiger partial charge in [0.2, 0.25) is 5.92 Å². The monoisotopic (exact) mass is 360 g/mol. The number of anilines is 2. The molecule has 2 aromatic rings. The zero-order chi connectivity index (χ0) is 18.3. The zero-order valence-corrected chi connectivity index (χ0v) is 14.1. The zero-order valence-electron chi connectivity index (χ0n) is 14.1. The fourth-order valence-electron chi connectivity index (χ4n) is 3.89. The van der Waals surface area contributed by atoms with Crippen molar-refractivity contribution in [2.75, 3.05) is 10.2 Å². The molecule has 0 spiro atoms. The third-order valence-electron chi connectivity index (χ3n) is 5.18. The van der Waals surface area contributed by atoms with Crippen LogP contribution in [0.15, 0.2) is 48.5 Å². The first-order chi connectivity index (χ1) is 12.4. The van der Waals surface area contributed by atoms with E-state index in [-0.39, 0.29) is 43.4 Å². The number of alkyl halides is 2. The number of nitrogens with zero attached hydrogens (tertiary/aromatic N) is 1. The highest BCUT2D eigenvalue weighted by molar-refractivity contribution is 6.06. The van der Waals surface area contributed by atoms with E-state index in [0.29, 0.717) is 5.69 Å². The molecule has 0 bridgehead atoms. The lowest BCUT2D eigenvalue weighted by molar-refractivity contribution is -0.120. The number of carbonyl (C=O) groups excluding carboxylic acids is 1.